The number of rotatable bonds is 5. The van der Waals surface area contributed by atoms with Crippen LogP contribution in [0.15, 0.2) is 53.2 Å². The van der Waals surface area contributed by atoms with E-state index in [-0.39, 0.29) is 24.0 Å². The molecule has 0 aromatic heterocycles. The van der Waals surface area contributed by atoms with Gasteiger partial charge in [0.2, 0.25) is 0 Å². The molecule has 196 valence electrons. The van der Waals surface area contributed by atoms with E-state index >= 15 is 0 Å². The number of aliphatic hydroxyl groups is 1. The fourth-order valence-corrected chi connectivity index (χ4v) is 3.45. The van der Waals surface area contributed by atoms with Gasteiger partial charge in [0.15, 0.2) is 6.23 Å². The molecule has 37 heavy (non-hydrogen) atoms. The number of hydrogen-bond acceptors (Lipinski definition) is 6. The average molecular weight is 512 g/mol. The van der Waals surface area contributed by atoms with Gasteiger partial charge >= 0.3 is 6.03 Å². The highest BCUT2D eigenvalue weighted by molar-refractivity contribution is 5.91. The van der Waals surface area contributed by atoms with Gasteiger partial charge in [-0.15, -0.1) is 0 Å². The normalized spacial score (nSPS) is 17.9. The molecule has 0 saturated carbocycles. The minimum absolute atomic E-state index is 0.00856. The van der Waals surface area contributed by atoms with Crippen LogP contribution in [0, 0.1) is 28.9 Å². The summed E-state index contributed by atoms with van der Waals surface area (Å²) in [5, 5.41) is 13.5. The predicted molar refractivity (Wildman–Crippen MR) is 139 cm³/mol. The summed E-state index contributed by atoms with van der Waals surface area (Å²) in [6.45, 7) is 4.31. The van der Waals surface area contributed by atoms with E-state index < -0.39 is 29.9 Å². The monoisotopic (exact) mass is 511 g/mol. The molecule has 0 radical (unpaired) electrons. The summed E-state index contributed by atoms with van der Waals surface area (Å²) in [5.41, 5.74) is 12.9. The van der Waals surface area contributed by atoms with Crippen molar-refractivity contribution >= 4 is 17.9 Å². The fourth-order valence-electron chi connectivity index (χ4n) is 3.45. The summed E-state index contributed by atoms with van der Waals surface area (Å²) < 4.78 is 32.9. The third kappa shape index (κ3) is 7.29. The van der Waals surface area contributed by atoms with Crippen molar-refractivity contribution in [2.45, 2.75) is 32.5 Å². The number of carbonyl (C=O) groups excluding carboxylic acids is 1. The van der Waals surface area contributed by atoms with Gasteiger partial charge in [0.25, 0.3) is 0 Å². The van der Waals surface area contributed by atoms with Crippen molar-refractivity contribution in [1.82, 2.24) is 5.32 Å². The highest BCUT2D eigenvalue weighted by Gasteiger charge is 2.31. The number of amides is 2. The van der Waals surface area contributed by atoms with Gasteiger partial charge in [0.05, 0.1) is 5.69 Å². The maximum Gasteiger partial charge on any atom is 0.341 e. The van der Waals surface area contributed by atoms with E-state index in [1.54, 1.807) is 24.1 Å². The zero-order valence-electron chi connectivity index (χ0n) is 21.0. The number of urea groups is 1. The van der Waals surface area contributed by atoms with Crippen LogP contribution >= 0.6 is 0 Å². The van der Waals surface area contributed by atoms with E-state index in [2.05, 4.69) is 22.2 Å². The molecule has 10 heteroatoms. The fraction of sp³-hybridized carbons (Fsp3) is 0.333. The predicted octanol–water partition coefficient (Wildman–Crippen LogP) is 2.68. The highest BCUT2D eigenvalue weighted by Crippen LogP contribution is 2.32. The Labute approximate surface area is 215 Å². The molecule has 6 N–H and O–H groups in total. The van der Waals surface area contributed by atoms with E-state index in [4.69, 9.17) is 16.2 Å². The molecule has 1 heterocycles. The molecule has 8 nitrogen and oxygen atoms in total. The van der Waals surface area contributed by atoms with Gasteiger partial charge in [0, 0.05) is 43.3 Å². The topological polar surface area (TPSA) is 126 Å². The summed E-state index contributed by atoms with van der Waals surface area (Å²) in [7, 11) is 1.67. The Kier molecular flexibility index (Phi) is 8.86. The summed E-state index contributed by atoms with van der Waals surface area (Å²) >= 11 is 0. The third-order valence-corrected chi connectivity index (χ3v) is 5.85. The van der Waals surface area contributed by atoms with E-state index in [1.807, 2.05) is 19.9 Å². The van der Waals surface area contributed by atoms with E-state index in [0.29, 0.717) is 23.6 Å². The number of allylic oxidation sites excluding steroid dienone is 1. The quantitative estimate of drug-likeness (QED) is 0.361. The molecular weight excluding hydrogens is 480 g/mol. The number of benzene rings is 2. The van der Waals surface area contributed by atoms with Crippen molar-refractivity contribution in [2.75, 3.05) is 25.1 Å². The molecule has 1 unspecified atom stereocenters. The molecular formula is C27H31F2N5O3. The van der Waals surface area contributed by atoms with E-state index in [1.165, 1.54) is 18.5 Å². The van der Waals surface area contributed by atoms with Crippen molar-refractivity contribution in [3.8, 4) is 17.6 Å². The molecule has 0 bridgehead atoms. The summed E-state index contributed by atoms with van der Waals surface area (Å²) in [6, 6.07) is 7.01. The van der Waals surface area contributed by atoms with E-state index in [0.717, 1.165) is 17.7 Å². The number of anilines is 1. The molecule has 1 aliphatic rings. The number of nitrogens with one attached hydrogen (secondary N) is 1. The van der Waals surface area contributed by atoms with Crippen LogP contribution in [-0.4, -0.2) is 49.8 Å². The van der Waals surface area contributed by atoms with Gasteiger partial charge in [-0.1, -0.05) is 17.9 Å². The van der Waals surface area contributed by atoms with Crippen LogP contribution in [0.1, 0.15) is 25.0 Å². The van der Waals surface area contributed by atoms with Crippen molar-refractivity contribution in [3.63, 3.8) is 0 Å². The molecule has 0 saturated heterocycles. The highest BCUT2D eigenvalue weighted by atomic mass is 19.1. The van der Waals surface area contributed by atoms with Crippen LogP contribution in [0.4, 0.5) is 19.3 Å². The lowest BCUT2D eigenvalue weighted by Crippen LogP contribution is -2.51. The molecule has 1 aliphatic heterocycles. The second-order valence-corrected chi connectivity index (χ2v) is 9.32. The smallest absolute Gasteiger partial charge is 0.341 e. The second kappa shape index (κ2) is 11.9. The van der Waals surface area contributed by atoms with Crippen LogP contribution in [0.25, 0.3) is 0 Å². The van der Waals surface area contributed by atoms with Gasteiger partial charge < -0.3 is 31.5 Å². The number of carbonyl (C=O) groups is 1. The Morgan fingerprint density at radius 2 is 2.08 bits per heavy atom. The number of halogens is 2. The van der Waals surface area contributed by atoms with Crippen molar-refractivity contribution < 1.29 is 23.4 Å². The van der Waals surface area contributed by atoms with Crippen molar-refractivity contribution in [3.05, 3.63) is 70.9 Å². The molecule has 0 aliphatic carbocycles. The molecule has 2 atom stereocenters. The van der Waals surface area contributed by atoms with Crippen molar-refractivity contribution in [1.29, 1.82) is 0 Å². The number of likely N-dealkylation sites (N-methyl/N-ethyl adjacent to an activating group) is 1. The Morgan fingerprint density at radius 3 is 2.76 bits per heavy atom. The summed E-state index contributed by atoms with van der Waals surface area (Å²) in [4.78, 5) is 17.9. The maximum absolute atomic E-state index is 13.9. The average Bonchev–Trinajstić information content (AvgIpc) is 2.98. The van der Waals surface area contributed by atoms with Gasteiger partial charge in [-0.05, 0) is 55.4 Å². The largest absolute Gasteiger partial charge is 0.489 e. The minimum Gasteiger partial charge on any atom is -0.489 e. The number of aliphatic hydroxyl groups excluding tert-OH is 1. The number of nitrogens with zero attached hydrogens (tertiary/aromatic N) is 2. The number of hydrogen-bond donors (Lipinski definition) is 4. The van der Waals surface area contributed by atoms with Gasteiger partial charge in [-0.2, -0.15) is 0 Å². The lowest BCUT2D eigenvalue weighted by molar-refractivity contribution is 0.110. The minimum atomic E-state index is -1.12. The number of ether oxygens (including phenoxy) is 1. The Balaban J connectivity index is 1.68. The lowest BCUT2D eigenvalue weighted by atomic mass is 9.94. The number of aliphatic imine (C=N–C) groups is 1. The van der Waals surface area contributed by atoms with Crippen LogP contribution in [0.3, 0.4) is 0 Å². The SMILES string of the molecule is CN1c2cc(C#CC(C)(C)CN)ccc2OC[C@H](NC(=O)/N=C/C(=C\N)Cc2ccc(F)cc2F)C1O. The van der Waals surface area contributed by atoms with Crippen LogP contribution in [0.2, 0.25) is 0 Å². The third-order valence-electron chi connectivity index (χ3n) is 5.85. The Morgan fingerprint density at radius 1 is 1.32 bits per heavy atom. The van der Waals surface area contributed by atoms with Crippen LogP contribution < -0.4 is 26.4 Å². The first-order valence-electron chi connectivity index (χ1n) is 11.6. The van der Waals surface area contributed by atoms with Crippen LogP contribution in [-0.2, 0) is 6.42 Å². The Hall–Kier alpha value is -3.94. The second-order valence-electron chi connectivity index (χ2n) is 9.32. The molecule has 2 aromatic carbocycles. The maximum atomic E-state index is 13.9. The summed E-state index contributed by atoms with van der Waals surface area (Å²) in [5.74, 6) is 5.35. The molecule has 2 aromatic rings. The number of fused-ring (bicyclic) bond motifs is 1. The summed E-state index contributed by atoms with van der Waals surface area (Å²) in [6.07, 6.45) is 1.26. The zero-order valence-corrected chi connectivity index (χ0v) is 21.0. The van der Waals surface area contributed by atoms with Gasteiger partial charge in [0.1, 0.15) is 30.0 Å². The first-order chi connectivity index (χ1) is 17.5. The van der Waals surface area contributed by atoms with E-state index in [9.17, 15) is 18.7 Å². The number of nitrogens with two attached hydrogens (primary N) is 2. The molecule has 2 amide bonds. The van der Waals surface area contributed by atoms with Crippen molar-refractivity contribution in [2.24, 2.45) is 21.9 Å². The zero-order chi connectivity index (χ0) is 27.2. The molecule has 0 spiro atoms. The molecule has 0 fully saturated rings. The van der Waals surface area contributed by atoms with Gasteiger partial charge in [-0.25, -0.2) is 18.6 Å². The Bertz CT molecular complexity index is 1270. The van der Waals surface area contributed by atoms with Gasteiger partial charge in [-0.3, -0.25) is 0 Å². The standard InChI is InChI=1S/C27H31F2N5O3/c1-27(2,16-31)9-8-17-4-7-24-23(11-17)34(3)25(35)22(15-37-24)33-26(36)32-14-18(13-30)10-19-5-6-20(28)12-21(19)29/h4-7,11-14,22,25,35H,10,15-16,30-31H2,1-3H3,(H,33,36)/b18-13-,32-14+/t22-,25?/m0/s1. The first kappa shape index (κ1) is 27.6. The first-order valence-corrected chi connectivity index (χ1v) is 11.6. The molecule has 3 rings (SSSR count). The van der Waals surface area contributed by atoms with Crippen LogP contribution in [0.5, 0.6) is 5.75 Å². The lowest BCUT2D eigenvalue weighted by Gasteiger charge is -2.28.